The van der Waals surface area contributed by atoms with Crippen LogP contribution in [-0.4, -0.2) is 23.5 Å². The normalized spacial score (nSPS) is 19.2. The number of thiazole rings is 1. The van der Waals surface area contributed by atoms with Crippen LogP contribution in [0.4, 0.5) is 4.39 Å². The monoisotopic (exact) mass is 419 g/mol. The highest BCUT2D eigenvalue weighted by atomic mass is 35.5. The van der Waals surface area contributed by atoms with Crippen molar-refractivity contribution in [3.63, 3.8) is 0 Å². The van der Waals surface area contributed by atoms with Crippen LogP contribution in [-0.2, 0) is 6.42 Å². The zero-order valence-electron chi connectivity index (χ0n) is 14.3. The van der Waals surface area contributed by atoms with Crippen molar-refractivity contribution < 1.29 is 9.18 Å². The third kappa shape index (κ3) is 5.64. The highest BCUT2D eigenvalue weighted by Crippen LogP contribution is 2.24. The number of rotatable bonds is 5. The second kappa shape index (κ2) is 10.8. The van der Waals surface area contributed by atoms with E-state index in [0.717, 1.165) is 24.3 Å². The maximum absolute atomic E-state index is 13.7. The van der Waals surface area contributed by atoms with E-state index in [4.69, 9.17) is 5.73 Å². The molecule has 0 radical (unpaired) electrons. The molecule has 2 atom stereocenters. The molecule has 1 aliphatic rings. The van der Waals surface area contributed by atoms with E-state index in [-0.39, 0.29) is 42.6 Å². The van der Waals surface area contributed by atoms with Gasteiger partial charge in [-0.15, -0.1) is 36.2 Å². The fourth-order valence-electron chi connectivity index (χ4n) is 3.22. The Balaban J connectivity index is 0.00000169. The molecule has 0 spiro atoms. The van der Waals surface area contributed by atoms with Gasteiger partial charge in [-0.25, -0.2) is 9.37 Å². The van der Waals surface area contributed by atoms with E-state index < -0.39 is 0 Å². The van der Waals surface area contributed by atoms with Gasteiger partial charge in [0.15, 0.2) is 0 Å². The Morgan fingerprint density at radius 2 is 2.00 bits per heavy atom. The minimum absolute atomic E-state index is 0. The van der Waals surface area contributed by atoms with E-state index in [1.54, 1.807) is 23.6 Å². The zero-order chi connectivity index (χ0) is 16.9. The first-order valence-corrected chi connectivity index (χ1v) is 9.24. The van der Waals surface area contributed by atoms with E-state index in [0.29, 0.717) is 30.1 Å². The summed E-state index contributed by atoms with van der Waals surface area (Å²) in [6.45, 7) is 0.598. The van der Waals surface area contributed by atoms with Gasteiger partial charge in [0, 0.05) is 17.8 Å². The predicted molar refractivity (Wildman–Crippen MR) is 108 cm³/mol. The van der Waals surface area contributed by atoms with E-state index in [9.17, 15) is 9.18 Å². The second-order valence-corrected chi connectivity index (χ2v) is 7.20. The van der Waals surface area contributed by atoms with Crippen LogP contribution in [0.3, 0.4) is 0 Å². The summed E-state index contributed by atoms with van der Waals surface area (Å²) >= 11 is 1.39. The van der Waals surface area contributed by atoms with Crippen LogP contribution in [0.25, 0.3) is 0 Å². The molecule has 8 heteroatoms. The van der Waals surface area contributed by atoms with Crippen LogP contribution in [0.5, 0.6) is 0 Å². The number of nitrogens with zero attached hydrogens (tertiary/aromatic N) is 1. The van der Waals surface area contributed by atoms with E-state index >= 15 is 0 Å². The summed E-state index contributed by atoms with van der Waals surface area (Å²) in [5.74, 6) is -0.0534. The van der Waals surface area contributed by atoms with Gasteiger partial charge in [-0.1, -0.05) is 31.0 Å². The summed E-state index contributed by atoms with van der Waals surface area (Å²) < 4.78 is 13.7. The minimum atomic E-state index is -0.244. The molecule has 0 saturated heterocycles. The van der Waals surface area contributed by atoms with Gasteiger partial charge in [-0.3, -0.25) is 4.79 Å². The highest BCUT2D eigenvalue weighted by molar-refractivity contribution is 7.09. The molecular weight excluding hydrogens is 396 g/mol. The van der Waals surface area contributed by atoms with Gasteiger partial charge in [0.1, 0.15) is 11.5 Å². The number of nitrogens with one attached hydrogen (secondary N) is 1. The van der Waals surface area contributed by atoms with E-state index in [1.807, 2.05) is 0 Å². The van der Waals surface area contributed by atoms with Crippen molar-refractivity contribution in [3.8, 4) is 0 Å². The number of carbonyl (C=O) groups excluding carboxylic acids is 1. The van der Waals surface area contributed by atoms with Crippen molar-refractivity contribution in [3.05, 3.63) is 51.7 Å². The summed E-state index contributed by atoms with van der Waals surface area (Å²) in [6, 6.07) is 6.78. The molecule has 1 amide bonds. The lowest BCUT2D eigenvalue weighted by molar-refractivity contribution is 0.0903. The SMILES string of the molecule is Cl.Cl.NCC1CCCCC1NC(=O)c1csc(Cc2ccccc2F)n1. The summed E-state index contributed by atoms with van der Waals surface area (Å²) in [6.07, 6.45) is 4.74. The molecule has 0 aliphatic heterocycles. The van der Waals surface area contributed by atoms with Crippen molar-refractivity contribution in [2.75, 3.05) is 6.54 Å². The molecule has 1 saturated carbocycles. The van der Waals surface area contributed by atoms with E-state index in [2.05, 4.69) is 10.3 Å². The lowest BCUT2D eigenvalue weighted by Crippen LogP contribution is -2.44. The largest absolute Gasteiger partial charge is 0.348 e. The average Bonchev–Trinajstić information content (AvgIpc) is 3.06. The topological polar surface area (TPSA) is 68.0 Å². The molecule has 1 aliphatic carbocycles. The van der Waals surface area contributed by atoms with Gasteiger partial charge in [0.25, 0.3) is 5.91 Å². The lowest BCUT2D eigenvalue weighted by Gasteiger charge is -2.31. The Morgan fingerprint density at radius 1 is 1.27 bits per heavy atom. The quantitative estimate of drug-likeness (QED) is 0.770. The fraction of sp³-hybridized carbons (Fsp3) is 0.444. The molecule has 3 N–H and O–H groups in total. The summed E-state index contributed by atoms with van der Waals surface area (Å²) in [4.78, 5) is 16.8. The minimum Gasteiger partial charge on any atom is -0.348 e. The molecule has 1 aromatic carbocycles. The number of hydrogen-bond acceptors (Lipinski definition) is 4. The van der Waals surface area contributed by atoms with Crippen LogP contribution in [0.1, 0.15) is 46.7 Å². The van der Waals surface area contributed by atoms with Gasteiger partial charge < -0.3 is 11.1 Å². The van der Waals surface area contributed by atoms with Crippen molar-refractivity contribution in [1.29, 1.82) is 0 Å². The number of halogens is 3. The Labute approximate surface area is 169 Å². The van der Waals surface area contributed by atoms with Crippen LogP contribution >= 0.6 is 36.2 Å². The van der Waals surface area contributed by atoms with Crippen molar-refractivity contribution in [2.45, 2.75) is 38.1 Å². The molecule has 2 aromatic rings. The van der Waals surface area contributed by atoms with Crippen molar-refractivity contribution >= 4 is 42.1 Å². The Bertz CT molecular complexity index is 713. The number of aromatic nitrogens is 1. The Kier molecular flexibility index (Phi) is 9.50. The molecule has 26 heavy (non-hydrogen) atoms. The molecule has 2 unspecified atom stereocenters. The Hall–Kier alpha value is -1.21. The number of benzene rings is 1. The van der Waals surface area contributed by atoms with Crippen LogP contribution in [0.15, 0.2) is 29.6 Å². The first kappa shape index (κ1) is 22.8. The molecule has 1 fully saturated rings. The standard InChI is InChI=1S/C18H22FN3OS.2ClH/c19-14-7-3-1-5-12(14)9-17-21-16(11-24-17)18(23)22-15-8-4-2-6-13(15)10-20;;/h1,3,5,7,11,13,15H,2,4,6,8-10,20H2,(H,22,23);2*1H. The molecule has 4 nitrogen and oxygen atoms in total. The van der Waals surface area contributed by atoms with Gasteiger partial charge in [-0.2, -0.15) is 0 Å². The van der Waals surface area contributed by atoms with Gasteiger partial charge in [-0.05, 0) is 36.9 Å². The average molecular weight is 420 g/mol. The van der Waals surface area contributed by atoms with Gasteiger partial charge >= 0.3 is 0 Å². The molecular formula is C18H24Cl2FN3OS. The molecule has 144 valence electrons. The van der Waals surface area contributed by atoms with E-state index in [1.165, 1.54) is 23.8 Å². The fourth-order valence-corrected chi connectivity index (χ4v) is 4.02. The van der Waals surface area contributed by atoms with Crippen molar-refractivity contribution in [1.82, 2.24) is 10.3 Å². The number of hydrogen-bond donors (Lipinski definition) is 2. The molecule has 1 aromatic heterocycles. The smallest absolute Gasteiger partial charge is 0.270 e. The third-order valence-electron chi connectivity index (χ3n) is 4.61. The molecule has 0 bridgehead atoms. The van der Waals surface area contributed by atoms with Crippen LogP contribution in [0, 0.1) is 11.7 Å². The van der Waals surface area contributed by atoms with Crippen LogP contribution < -0.4 is 11.1 Å². The summed E-state index contributed by atoms with van der Waals surface area (Å²) in [7, 11) is 0. The number of amides is 1. The Morgan fingerprint density at radius 3 is 2.73 bits per heavy atom. The first-order valence-electron chi connectivity index (χ1n) is 8.36. The summed E-state index contributed by atoms with van der Waals surface area (Å²) in [5.41, 5.74) is 6.81. The van der Waals surface area contributed by atoms with Crippen LogP contribution in [0.2, 0.25) is 0 Å². The number of carbonyl (C=O) groups is 1. The van der Waals surface area contributed by atoms with Crippen molar-refractivity contribution in [2.24, 2.45) is 11.7 Å². The maximum atomic E-state index is 13.7. The number of nitrogens with two attached hydrogens (primary N) is 1. The van der Waals surface area contributed by atoms with Gasteiger partial charge in [0.05, 0.1) is 5.01 Å². The second-order valence-electron chi connectivity index (χ2n) is 6.25. The predicted octanol–water partition coefficient (Wildman–Crippen LogP) is 3.96. The lowest BCUT2D eigenvalue weighted by atomic mass is 9.84. The highest BCUT2D eigenvalue weighted by Gasteiger charge is 2.26. The summed E-state index contributed by atoms with van der Waals surface area (Å²) in [5, 5.41) is 5.56. The maximum Gasteiger partial charge on any atom is 0.270 e. The molecule has 1 heterocycles. The zero-order valence-corrected chi connectivity index (χ0v) is 16.8. The third-order valence-corrected chi connectivity index (χ3v) is 5.46. The molecule has 3 rings (SSSR count). The first-order chi connectivity index (χ1) is 11.7. The van der Waals surface area contributed by atoms with Gasteiger partial charge in [0.2, 0.25) is 0 Å².